The molecule has 8 nitrogen and oxygen atoms in total. The van der Waals surface area contributed by atoms with Gasteiger partial charge in [-0.1, -0.05) is 60.1 Å². The van der Waals surface area contributed by atoms with Crippen LogP contribution in [0, 0.1) is 0 Å². The van der Waals surface area contributed by atoms with Crippen molar-refractivity contribution in [3.8, 4) is 0 Å². The molecule has 0 saturated carbocycles. The van der Waals surface area contributed by atoms with E-state index in [2.05, 4.69) is 15.6 Å². The molecule has 0 fully saturated rings. The second kappa shape index (κ2) is 11.7. The lowest BCUT2D eigenvalue weighted by atomic mass is 10.1. The Morgan fingerprint density at radius 1 is 0.865 bits per heavy atom. The van der Waals surface area contributed by atoms with Gasteiger partial charge in [0, 0.05) is 18.9 Å². The third-order valence-corrected chi connectivity index (χ3v) is 7.45. The molecule has 1 aromatic heterocycles. The van der Waals surface area contributed by atoms with E-state index in [1.54, 1.807) is 79.1 Å². The summed E-state index contributed by atoms with van der Waals surface area (Å²) in [5.41, 5.74) is 1.45. The Kier molecular flexibility index (Phi) is 8.17. The highest BCUT2D eigenvalue weighted by atomic mass is 35.5. The number of benzene rings is 3. The number of nitrogens with one attached hydrogen (secondary N) is 2. The molecule has 37 heavy (non-hydrogen) atoms. The predicted molar refractivity (Wildman–Crippen MR) is 143 cm³/mol. The normalized spacial score (nSPS) is 10.9. The summed E-state index contributed by atoms with van der Waals surface area (Å²) in [6.45, 7) is -0.308. The zero-order valence-electron chi connectivity index (χ0n) is 19.5. The Balaban J connectivity index is 1.56. The van der Waals surface area contributed by atoms with Crippen molar-refractivity contribution in [2.45, 2.75) is 11.4 Å². The first-order chi connectivity index (χ1) is 17.9. The Morgan fingerprint density at radius 3 is 2.30 bits per heavy atom. The smallest absolute Gasteiger partial charge is 0.264 e. The predicted octanol–water partition coefficient (Wildman–Crippen LogP) is 4.50. The fourth-order valence-corrected chi connectivity index (χ4v) is 5.31. The topological polar surface area (TPSA) is 108 Å². The summed E-state index contributed by atoms with van der Waals surface area (Å²) in [6, 6.07) is 24.2. The van der Waals surface area contributed by atoms with E-state index in [0.717, 1.165) is 9.87 Å². The van der Waals surface area contributed by atoms with Gasteiger partial charge >= 0.3 is 0 Å². The molecule has 0 aliphatic rings. The second-order valence-electron chi connectivity index (χ2n) is 7.91. The fraction of sp³-hybridized carbons (Fsp3) is 0.0741. The number of amides is 2. The number of pyridine rings is 1. The molecule has 0 saturated heterocycles. The Hall–Kier alpha value is -4.21. The number of aromatic nitrogens is 1. The van der Waals surface area contributed by atoms with E-state index < -0.39 is 28.4 Å². The Bertz CT molecular complexity index is 1500. The molecule has 4 rings (SSSR count). The number of para-hydroxylation sites is 2. The van der Waals surface area contributed by atoms with E-state index in [0.29, 0.717) is 0 Å². The lowest BCUT2D eigenvalue weighted by Crippen LogP contribution is -2.38. The van der Waals surface area contributed by atoms with Gasteiger partial charge in [0.1, 0.15) is 6.54 Å². The molecular formula is C27H23ClN4O4S. The van der Waals surface area contributed by atoms with E-state index >= 15 is 0 Å². The van der Waals surface area contributed by atoms with Gasteiger partial charge in [0.15, 0.2) is 0 Å². The van der Waals surface area contributed by atoms with Crippen LogP contribution in [0.4, 0.5) is 11.4 Å². The number of carbonyl (C=O) groups excluding carboxylic acids is 2. The lowest BCUT2D eigenvalue weighted by molar-refractivity contribution is -0.114. The van der Waals surface area contributed by atoms with Crippen molar-refractivity contribution < 1.29 is 18.0 Å². The molecule has 188 valence electrons. The summed E-state index contributed by atoms with van der Waals surface area (Å²) >= 11 is 6.31. The van der Waals surface area contributed by atoms with Crippen molar-refractivity contribution >= 4 is 44.8 Å². The first kappa shape index (κ1) is 25.9. The number of nitrogens with zero attached hydrogens (tertiary/aromatic N) is 2. The zero-order valence-corrected chi connectivity index (χ0v) is 21.1. The van der Waals surface area contributed by atoms with Crippen molar-refractivity contribution in [1.82, 2.24) is 10.3 Å². The fourth-order valence-electron chi connectivity index (χ4n) is 3.56. The van der Waals surface area contributed by atoms with E-state index in [9.17, 15) is 18.0 Å². The van der Waals surface area contributed by atoms with Gasteiger partial charge in [-0.05, 0) is 48.0 Å². The molecule has 0 bridgehead atoms. The quantitative estimate of drug-likeness (QED) is 0.329. The minimum Gasteiger partial charge on any atom is -0.348 e. The molecule has 2 N–H and O–H groups in total. The molecule has 0 unspecified atom stereocenters. The number of carbonyl (C=O) groups is 2. The maximum Gasteiger partial charge on any atom is 0.264 e. The van der Waals surface area contributed by atoms with Gasteiger partial charge in [-0.15, -0.1) is 0 Å². The summed E-state index contributed by atoms with van der Waals surface area (Å²) in [5, 5.41) is 5.64. The van der Waals surface area contributed by atoms with Crippen LogP contribution < -0.4 is 14.9 Å². The molecule has 3 aromatic carbocycles. The van der Waals surface area contributed by atoms with E-state index in [-0.39, 0.29) is 33.4 Å². The van der Waals surface area contributed by atoms with Crippen molar-refractivity contribution in [3.05, 3.63) is 120 Å². The minimum absolute atomic E-state index is 0.0119. The van der Waals surface area contributed by atoms with Crippen LogP contribution in [-0.2, 0) is 21.4 Å². The van der Waals surface area contributed by atoms with Crippen LogP contribution in [0.5, 0.6) is 0 Å². The maximum atomic E-state index is 13.5. The highest BCUT2D eigenvalue weighted by Gasteiger charge is 2.29. The molecule has 0 atom stereocenters. The molecule has 0 spiro atoms. The molecular weight excluding hydrogens is 512 g/mol. The molecule has 0 aliphatic carbocycles. The Labute approximate surface area is 220 Å². The molecule has 10 heteroatoms. The van der Waals surface area contributed by atoms with Crippen LogP contribution in [0.2, 0.25) is 5.02 Å². The van der Waals surface area contributed by atoms with Gasteiger partial charge in [0.05, 0.1) is 26.9 Å². The summed E-state index contributed by atoms with van der Waals surface area (Å²) in [7, 11) is -4.13. The molecule has 0 radical (unpaired) electrons. The maximum absolute atomic E-state index is 13.5. The molecule has 0 aliphatic heterocycles. The number of hydrogen-bond donors (Lipinski definition) is 2. The number of anilines is 2. The van der Waals surface area contributed by atoms with Crippen LogP contribution >= 0.6 is 11.6 Å². The van der Waals surface area contributed by atoms with E-state index in [4.69, 9.17) is 11.6 Å². The number of rotatable bonds is 9. The third-order valence-electron chi connectivity index (χ3n) is 5.36. The summed E-state index contributed by atoms with van der Waals surface area (Å²) < 4.78 is 27.9. The summed E-state index contributed by atoms with van der Waals surface area (Å²) in [4.78, 5) is 30.0. The van der Waals surface area contributed by atoms with Crippen LogP contribution in [0.15, 0.2) is 108 Å². The van der Waals surface area contributed by atoms with Crippen molar-refractivity contribution in [2.75, 3.05) is 16.2 Å². The molecule has 2 amide bonds. The van der Waals surface area contributed by atoms with Crippen LogP contribution in [0.1, 0.15) is 15.9 Å². The summed E-state index contributed by atoms with van der Waals surface area (Å²) in [6.07, 6.45) is 3.28. The van der Waals surface area contributed by atoms with Gasteiger partial charge in [-0.3, -0.25) is 18.9 Å². The average molecular weight is 535 g/mol. The highest BCUT2D eigenvalue weighted by molar-refractivity contribution is 7.92. The van der Waals surface area contributed by atoms with Gasteiger partial charge in [0.2, 0.25) is 5.91 Å². The largest absolute Gasteiger partial charge is 0.348 e. The van der Waals surface area contributed by atoms with Crippen molar-refractivity contribution in [3.63, 3.8) is 0 Å². The standard InChI is InChI=1S/C27H23ClN4O4S/c28-23-13-5-7-15-25(23)32(37(35,36)21-10-2-1-3-11-21)19-26(33)31-24-14-6-4-12-22(24)27(34)30-18-20-9-8-16-29-17-20/h1-17H,18-19H2,(H,30,34)(H,31,33). The van der Waals surface area contributed by atoms with Gasteiger partial charge < -0.3 is 10.6 Å². The van der Waals surface area contributed by atoms with Gasteiger partial charge in [0.25, 0.3) is 15.9 Å². The Morgan fingerprint density at radius 2 is 1.57 bits per heavy atom. The SMILES string of the molecule is O=C(CN(c1ccccc1Cl)S(=O)(=O)c1ccccc1)Nc1ccccc1C(=O)NCc1cccnc1. The third kappa shape index (κ3) is 6.32. The number of halogens is 1. The first-order valence-corrected chi connectivity index (χ1v) is 13.1. The van der Waals surface area contributed by atoms with Crippen molar-refractivity contribution in [1.29, 1.82) is 0 Å². The van der Waals surface area contributed by atoms with Crippen molar-refractivity contribution in [2.24, 2.45) is 0 Å². The summed E-state index contributed by atoms with van der Waals surface area (Å²) in [5.74, 6) is -1.05. The highest BCUT2D eigenvalue weighted by Crippen LogP contribution is 2.30. The van der Waals surface area contributed by atoms with Gasteiger partial charge in [-0.2, -0.15) is 0 Å². The molecule has 4 aromatic rings. The monoisotopic (exact) mass is 534 g/mol. The molecule has 1 heterocycles. The van der Waals surface area contributed by atoms with Crippen LogP contribution in [-0.4, -0.2) is 31.8 Å². The van der Waals surface area contributed by atoms with Crippen LogP contribution in [0.3, 0.4) is 0 Å². The second-order valence-corrected chi connectivity index (χ2v) is 10.2. The number of sulfonamides is 1. The van der Waals surface area contributed by atoms with Gasteiger partial charge in [-0.25, -0.2) is 8.42 Å². The lowest BCUT2D eigenvalue weighted by Gasteiger charge is -2.25. The number of hydrogen-bond acceptors (Lipinski definition) is 5. The average Bonchev–Trinajstić information content (AvgIpc) is 2.92. The van der Waals surface area contributed by atoms with Crippen LogP contribution in [0.25, 0.3) is 0 Å². The van der Waals surface area contributed by atoms with E-state index in [1.165, 1.54) is 18.2 Å². The first-order valence-electron chi connectivity index (χ1n) is 11.2. The minimum atomic E-state index is -4.13. The van der Waals surface area contributed by atoms with E-state index in [1.807, 2.05) is 6.07 Å². The zero-order chi connectivity index (χ0) is 26.3.